The first-order valence-corrected chi connectivity index (χ1v) is 10.4. The second-order valence-corrected chi connectivity index (χ2v) is 7.75. The fraction of sp³-hybridized carbons (Fsp3) is 0.0833. The highest BCUT2D eigenvalue weighted by atomic mass is 35.5. The van der Waals surface area contributed by atoms with Crippen LogP contribution in [0.5, 0.6) is 5.75 Å². The zero-order chi connectivity index (χ0) is 25.3. The first-order valence-electron chi connectivity index (χ1n) is 10.0. The number of nitrogens with zero attached hydrogens (tertiary/aromatic N) is 1. The fourth-order valence-corrected chi connectivity index (χ4v) is 3.87. The van der Waals surface area contributed by atoms with Gasteiger partial charge < -0.3 is 14.8 Å². The van der Waals surface area contributed by atoms with E-state index in [0.29, 0.717) is 10.8 Å². The third kappa shape index (κ3) is 4.34. The van der Waals surface area contributed by atoms with E-state index in [2.05, 4.69) is 5.32 Å². The molecule has 3 aromatic carbocycles. The van der Waals surface area contributed by atoms with Gasteiger partial charge in [-0.05, 0) is 30.3 Å². The van der Waals surface area contributed by atoms with E-state index in [4.69, 9.17) is 21.1 Å². The molecular weight excluding hydrogens is 480 g/mol. The maximum atomic E-state index is 13.0. The van der Waals surface area contributed by atoms with Crippen molar-refractivity contribution < 1.29 is 33.6 Å². The maximum Gasteiger partial charge on any atom is 0.345 e. The second-order valence-electron chi connectivity index (χ2n) is 7.31. The number of anilines is 1. The van der Waals surface area contributed by atoms with Crippen LogP contribution in [-0.4, -0.2) is 42.1 Å². The van der Waals surface area contributed by atoms with Crippen molar-refractivity contribution in [1.82, 2.24) is 0 Å². The van der Waals surface area contributed by atoms with Gasteiger partial charge in [-0.25, -0.2) is 4.79 Å². The van der Waals surface area contributed by atoms with Crippen LogP contribution in [-0.2, 0) is 9.53 Å². The Morgan fingerprint density at radius 1 is 1.00 bits per heavy atom. The number of carbonyl (C=O) groups is 4. The number of nitro groups is 1. The molecule has 0 saturated heterocycles. The Morgan fingerprint density at radius 2 is 1.69 bits per heavy atom. The van der Waals surface area contributed by atoms with Crippen molar-refractivity contribution in [2.75, 3.05) is 19.0 Å². The van der Waals surface area contributed by atoms with Crippen LogP contribution in [0.3, 0.4) is 0 Å². The fourth-order valence-electron chi connectivity index (χ4n) is 3.70. The third-order valence-electron chi connectivity index (χ3n) is 5.24. The Kier molecular flexibility index (Phi) is 6.30. The van der Waals surface area contributed by atoms with Gasteiger partial charge in [0.15, 0.2) is 12.4 Å². The van der Waals surface area contributed by atoms with Crippen molar-refractivity contribution >= 4 is 46.4 Å². The zero-order valence-corrected chi connectivity index (χ0v) is 18.8. The van der Waals surface area contributed by atoms with Crippen molar-refractivity contribution in [3.05, 3.63) is 97.6 Å². The Bertz CT molecular complexity index is 1430. The highest BCUT2D eigenvalue weighted by Crippen LogP contribution is 2.36. The number of ketones is 2. The van der Waals surface area contributed by atoms with Gasteiger partial charge in [-0.1, -0.05) is 35.9 Å². The number of esters is 1. The minimum Gasteiger partial charge on any atom is -0.495 e. The maximum absolute atomic E-state index is 13.0. The average Bonchev–Trinajstić information content (AvgIpc) is 2.85. The molecule has 0 radical (unpaired) electrons. The number of hydrogen-bond acceptors (Lipinski definition) is 8. The number of nitro benzene ring substituents is 1. The summed E-state index contributed by atoms with van der Waals surface area (Å²) in [6, 6.07) is 12.6. The molecule has 0 unspecified atom stereocenters. The molecule has 0 aromatic heterocycles. The predicted octanol–water partition coefficient (Wildman–Crippen LogP) is 3.83. The summed E-state index contributed by atoms with van der Waals surface area (Å²) in [5, 5.41) is 14.7. The minimum absolute atomic E-state index is 0.00605. The van der Waals surface area contributed by atoms with Crippen molar-refractivity contribution in [2.45, 2.75) is 0 Å². The number of ether oxygens (including phenoxy) is 2. The van der Waals surface area contributed by atoms with Crippen LogP contribution in [0.25, 0.3) is 0 Å². The summed E-state index contributed by atoms with van der Waals surface area (Å²) in [6.07, 6.45) is 0. The van der Waals surface area contributed by atoms with Crippen molar-refractivity contribution in [1.29, 1.82) is 0 Å². The zero-order valence-electron chi connectivity index (χ0n) is 18.0. The quantitative estimate of drug-likeness (QED) is 0.242. The molecule has 0 spiro atoms. The molecule has 0 aliphatic heterocycles. The first kappa shape index (κ1) is 23.6. The minimum atomic E-state index is -1.22. The number of methoxy groups -OCH3 is 1. The lowest BCUT2D eigenvalue weighted by Gasteiger charge is -2.18. The summed E-state index contributed by atoms with van der Waals surface area (Å²) in [5.41, 5.74) is -1.79. The number of halogens is 1. The number of hydrogen-bond donors (Lipinski definition) is 1. The lowest BCUT2D eigenvalue weighted by atomic mass is 9.82. The highest BCUT2D eigenvalue weighted by Gasteiger charge is 2.39. The topological polar surface area (TPSA) is 142 Å². The van der Waals surface area contributed by atoms with Crippen LogP contribution in [0.2, 0.25) is 5.02 Å². The van der Waals surface area contributed by atoms with E-state index in [1.807, 2.05) is 0 Å². The third-order valence-corrected chi connectivity index (χ3v) is 5.47. The average molecular weight is 495 g/mol. The van der Waals surface area contributed by atoms with E-state index in [1.54, 1.807) is 12.1 Å². The van der Waals surface area contributed by atoms with E-state index in [9.17, 15) is 29.3 Å². The Morgan fingerprint density at radius 3 is 2.34 bits per heavy atom. The molecule has 1 aliphatic rings. The number of benzene rings is 3. The molecule has 4 rings (SSSR count). The van der Waals surface area contributed by atoms with Crippen molar-refractivity contribution in [3.63, 3.8) is 0 Å². The van der Waals surface area contributed by atoms with E-state index in [1.165, 1.54) is 37.4 Å². The van der Waals surface area contributed by atoms with E-state index in [-0.39, 0.29) is 22.4 Å². The normalized spacial score (nSPS) is 11.8. The van der Waals surface area contributed by atoms with Gasteiger partial charge in [0.1, 0.15) is 16.9 Å². The SMILES string of the molecule is COc1ccc(Cl)cc1NC(=O)COC(=O)c1ccc2c(c1[N+](=O)[O-])C(=O)c1ccccc1C2=O. The standard InChI is InChI=1S/C24H15ClN2O8/c1-34-18-9-6-12(25)10-17(18)26-19(28)11-35-24(31)16-8-7-15-20(21(16)27(32)33)23(30)14-5-3-2-4-13(14)22(15)29/h2-10H,11H2,1H3,(H,26,28). The van der Waals surface area contributed by atoms with Crippen LogP contribution in [0.4, 0.5) is 11.4 Å². The smallest absolute Gasteiger partial charge is 0.345 e. The summed E-state index contributed by atoms with van der Waals surface area (Å²) in [6.45, 7) is -0.793. The molecule has 1 N–H and O–H groups in total. The van der Waals surface area contributed by atoms with Crippen molar-refractivity contribution in [3.8, 4) is 5.75 Å². The monoisotopic (exact) mass is 494 g/mol. The van der Waals surface area contributed by atoms with Gasteiger partial charge >= 0.3 is 5.97 Å². The molecule has 1 amide bonds. The number of nitrogens with one attached hydrogen (secondary N) is 1. The Hall–Kier alpha value is -4.57. The van der Waals surface area contributed by atoms with Crippen molar-refractivity contribution in [2.24, 2.45) is 0 Å². The second kappa shape index (κ2) is 9.35. The van der Waals surface area contributed by atoms with Crippen LogP contribution in [0.15, 0.2) is 54.6 Å². The molecule has 0 fully saturated rings. The molecule has 10 nitrogen and oxygen atoms in total. The van der Waals surface area contributed by atoms with E-state index in [0.717, 1.165) is 12.1 Å². The molecule has 176 valence electrons. The highest BCUT2D eigenvalue weighted by molar-refractivity contribution is 6.31. The molecule has 0 bridgehead atoms. The number of rotatable bonds is 6. The van der Waals surface area contributed by atoms with Gasteiger partial charge in [-0.3, -0.25) is 24.5 Å². The Balaban J connectivity index is 1.60. The first-order chi connectivity index (χ1) is 16.7. The lowest BCUT2D eigenvalue weighted by molar-refractivity contribution is -0.385. The molecule has 3 aromatic rings. The van der Waals surface area contributed by atoms with Crippen LogP contribution >= 0.6 is 11.6 Å². The van der Waals surface area contributed by atoms with E-state index >= 15 is 0 Å². The van der Waals surface area contributed by atoms with Crippen LogP contribution < -0.4 is 10.1 Å². The summed E-state index contributed by atoms with van der Waals surface area (Å²) in [7, 11) is 1.39. The molecule has 0 heterocycles. The van der Waals surface area contributed by atoms with Gasteiger partial charge in [0.25, 0.3) is 11.6 Å². The summed E-state index contributed by atoms with van der Waals surface area (Å²) in [5.74, 6) is -3.01. The van der Waals surface area contributed by atoms with Gasteiger partial charge in [0.2, 0.25) is 5.78 Å². The Labute approximate surface area is 202 Å². The molecule has 1 aliphatic carbocycles. The van der Waals surface area contributed by atoms with Gasteiger partial charge in [-0.2, -0.15) is 0 Å². The number of fused-ring (bicyclic) bond motifs is 2. The summed E-state index contributed by atoms with van der Waals surface area (Å²) in [4.78, 5) is 61.7. The van der Waals surface area contributed by atoms with Crippen LogP contribution in [0.1, 0.15) is 42.2 Å². The van der Waals surface area contributed by atoms with Gasteiger partial charge in [-0.15, -0.1) is 0 Å². The molecular formula is C24H15ClN2O8. The molecule has 35 heavy (non-hydrogen) atoms. The van der Waals surface area contributed by atoms with Gasteiger partial charge in [0.05, 0.1) is 17.7 Å². The summed E-state index contributed by atoms with van der Waals surface area (Å²) < 4.78 is 10.1. The van der Waals surface area contributed by atoms with E-state index < -0.39 is 51.8 Å². The lowest BCUT2D eigenvalue weighted by Crippen LogP contribution is -2.25. The van der Waals surface area contributed by atoms with Crippen LogP contribution in [0, 0.1) is 10.1 Å². The largest absolute Gasteiger partial charge is 0.495 e. The van der Waals surface area contributed by atoms with Gasteiger partial charge in [0, 0.05) is 21.7 Å². The number of carbonyl (C=O) groups excluding carboxylic acids is 4. The molecule has 0 atom stereocenters. The summed E-state index contributed by atoms with van der Waals surface area (Å²) >= 11 is 5.92. The molecule has 0 saturated carbocycles. The number of amides is 1. The predicted molar refractivity (Wildman–Crippen MR) is 123 cm³/mol. The molecule has 11 heteroatoms.